The maximum absolute atomic E-state index is 11.7. The van der Waals surface area contributed by atoms with E-state index in [0.29, 0.717) is 6.54 Å². The van der Waals surface area contributed by atoms with Crippen LogP contribution in [-0.2, 0) is 4.79 Å². The van der Waals surface area contributed by atoms with Crippen molar-refractivity contribution in [2.24, 2.45) is 0 Å². The van der Waals surface area contributed by atoms with Crippen molar-refractivity contribution in [3.63, 3.8) is 0 Å². The lowest BCUT2D eigenvalue weighted by atomic mass is 10.1. The van der Waals surface area contributed by atoms with Gasteiger partial charge in [0.25, 0.3) is 0 Å². The summed E-state index contributed by atoms with van der Waals surface area (Å²) in [6.45, 7) is 7.93. The number of carbonyl (C=O) groups is 1. The summed E-state index contributed by atoms with van der Waals surface area (Å²) in [6.07, 6.45) is 1.66. The molecule has 0 spiro atoms. The Balaban J connectivity index is 2.55. The first-order chi connectivity index (χ1) is 9.08. The molecule has 0 aliphatic heterocycles. The fraction of sp³-hybridized carbons (Fsp3) is 0.400. The van der Waals surface area contributed by atoms with E-state index in [1.807, 2.05) is 38.1 Å². The van der Waals surface area contributed by atoms with Crippen LogP contribution in [0.25, 0.3) is 0 Å². The fourth-order valence-electron chi connectivity index (χ4n) is 1.77. The molecule has 1 aromatic rings. The van der Waals surface area contributed by atoms with Gasteiger partial charge >= 0.3 is 0 Å². The summed E-state index contributed by atoms with van der Waals surface area (Å²) in [5.74, 6) is 0.799. The summed E-state index contributed by atoms with van der Waals surface area (Å²) < 4.78 is 5.12. The van der Waals surface area contributed by atoms with Crippen LogP contribution in [0.4, 0.5) is 0 Å². The molecule has 0 aliphatic carbocycles. The number of amides is 1. The third kappa shape index (κ3) is 4.75. The van der Waals surface area contributed by atoms with Gasteiger partial charge in [-0.25, -0.2) is 0 Å². The van der Waals surface area contributed by atoms with E-state index in [9.17, 15) is 4.79 Å². The van der Waals surface area contributed by atoms with Crippen molar-refractivity contribution in [2.45, 2.75) is 25.9 Å². The van der Waals surface area contributed by atoms with Crippen molar-refractivity contribution >= 4 is 5.91 Å². The second-order valence-corrected chi connectivity index (χ2v) is 4.42. The zero-order valence-electron chi connectivity index (χ0n) is 11.8. The molecule has 0 aromatic heterocycles. The second kappa shape index (κ2) is 7.59. The van der Waals surface area contributed by atoms with Crippen LogP contribution in [0.3, 0.4) is 0 Å². The normalized spacial score (nSPS) is 13.4. The molecule has 1 aromatic carbocycles. The van der Waals surface area contributed by atoms with Crippen molar-refractivity contribution < 1.29 is 9.53 Å². The quantitative estimate of drug-likeness (QED) is 0.739. The van der Waals surface area contributed by atoms with E-state index in [1.165, 1.54) is 0 Å². The van der Waals surface area contributed by atoms with Gasteiger partial charge in [0, 0.05) is 12.6 Å². The summed E-state index contributed by atoms with van der Waals surface area (Å²) in [6, 6.07) is 7.65. The highest BCUT2D eigenvalue weighted by atomic mass is 16.5. The zero-order chi connectivity index (χ0) is 14.3. The smallest absolute Gasteiger partial charge is 0.237 e. The number of hydrogen-bond donors (Lipinski definition) is 2. The molecule has 4 heteroatoms. The monoisotopic (exact) mass is 262 g/mol. The minimum Gasteiger partial charge on any atom is -0.497 e. The number of nitrogens with one attached hydrogen (secondary N) is 2. The molecule has 0 heterocycles. The van der Waals surface area contributed by atoms with Crippen molar-refractivity contribution in [1.29, 1.82) is 0 Å². The number of carbonyl (C=O) groups excluding carboxylic acids is 1. The number of benzene rings is 1. The predicted octanol–water partition coefficient (Wildman–Crippen LogP) is 2.04. The third-order valence-electron chi connectivity index (χ3n) is 2.93. The zero-order valence-corrected chi connectivity index (χ0v) is 11.8. The highest BCUT2D eigenvalue weighted by molar-refractivity contribution is 5.81. The molecule has 4 nitrogen and oxygen atoms in total. The van der Waals surface area contributed by atoms with E-state index in [2.05, 4.69) is 17.2 Å². The number of rotatable bonds is 7. The molecular formula is C15H22N2O2. The lowest BCUT2D eigenvalue weighted by Crippen LogP contribution is -2.43. The summed E-state index contributed by atoms with van der Waals surface area (Å²) >= 11 is 0. The van der Waals surface area contributed by atoms with E-state index >= 15 is 0 Å². The van der Waals surface area contributed by atoms with Crippen molar-refractivity contribution in [3.8, 4) is 5.75 Å². The van der Waals surface area contributed by atoms with Gasteiger partial charge in [0.05, 0.1) is 13.2 Å². The Hall–Kier alpha value is -1.81. The molecular weight excluding hydrogens is 240 g/mol. The van der Waals surface area contributed by atoms with Crippen LogP contribution in [0.1, 0.15) is 25.5 Å². The average molecular weight is 262 g/mol. The van der Waals surface area contributed by atoms with E-state index in [4.69, 9.17) is 4.74 Å². The number of hydrogen-bond acceptors (Lipinski definition) is 3. The molecule has 0 fully saturated rings. The Morgan fingerprint density at radius 2 is 2.00 bits per heavy atom. The number of methoxy groups -OCH3 is 1. The van der Waals surface area contributed by atoms with Crippen molar-refractivity contribution in [3.05, 3.63) is 42.5 Å². The summed E-state index contributed by atoms with van der Waals surface area (Å²) in [4.78, 5) is 11.7. The molecule has 104 valence electrons. The van der Waals surface area contributed by atoms with Gasteiger partial charge in [-0.1, -0.05) is 18.2 Å². The Bertz CT molecular complexity index is 415. The molecule has 2 atom stereocenters. The standard InChI is InChI=1S/C15H22N2O2/c1-5-10-16-15(18)12(3)17-11(2)13-6-8-14(19-4)9-7-13/h5-9,11-12,17H,1,10H2,2-4H3,(H,16,18)/t11-,12?/m0/s1. The average Bonchev–Trinajstić information content (AvgIpc) is 2.44. The van der Waals surface area contributed by atoms with E-state index in [-0.39, 0.29) is 18.0 Å². The van der Waals surface area contributed by atoms with Gasteiger partial charge < -0.3 is 10.1 Å². The lowest BCUT2D eigenvalue weighted by Gasteiger charge is -2.20. The molecule has 0 radical (unpaired) electrons. The van der Waals surface area contributed by atoms with Gasteiger partial charge in [0.15, 0.2) is 0 Å². The molecule has 0 saturated heterocycles. The van der Waals surface area contributed by atoms with Gasteiger partial charge in [-0.15, -0.1) is 6.58 Å². The van der Waals surface area contributed by atoms with Crippen molar-refractivity contribution in [1.82, 2.24) is 10.6 Å². The van der Waals surface area contributed by atoms with Crippen LogP contribution in [0.2, 0.25) is 0 Å². The molecule has 19 heavy (non-hydrogen) atoms. The first-order valence-corrected chi connectivity index (χ1v) is 6.37. The van der Waals surface area contributed by atoms with E-state index in [0.717, 1.165) is 11.3 Å². The van der Waals surface area contributed by atoms with Crippen LogP contribution in [-0.4, -0.2) is 25.6 Å². The lowest BCUT2D eigenvalue weighted by molar-refractivity contribution is -0.122. The van der Waals surface area contributed by atoms with Gasteiger partial charge in [-0.3, -0.25) is 10.1 Å². The number of ether oxygens (including phenoxy) is 1. The Morgan fingerprint density at radius 1 is 1.37 bits per heavy atom. The molecule has 0 saturated carbocycles. The topological polar surface area (TPSA) is 50.4 Å². The Morgan fingerprint density at radius 3 is 2.53 bits per heavy atom. The van der Waals surface area contributed by atoms with Crippen LogP contribution in [0, 0.1) is 0 Å². The van der Waals surface area contributed by atoms with Crippen LogP contribution in [0.15, 0.2) is 36.9 Å². The minimum atomic E-state index is -0.253. The van der Waals surface area contributed by atoms with Gasteiger partial charge in [0.1, 0.15) is 5.75 Å². The Kier molecular flexibility index (Phi) is 6.09. The summed E-state index contributed by atoms with van der Waals surface area (Å²) in [5, 5.41) is 6.02. The van der Waals surface area contributed by atoms with E-state index < -0.39 is 0 Å². The summed E-state index contributed by atoms with van der Waals surface area (Å²) in [7, 11) is 1.64. The van der Waals surface area contributed by atoms with E-state index in [1.54, 1.807) is 13.2 Å². The highest BCUT2D eigenvalue weighted by Gasteiger charge is 2.15. The van der Waals surface area contributed by atoms with Gasteiger partial charge in [0.2, 0.25) is 5.91 Å². The van der Waals surface area contributed by atoms with Crippen molar-refractivity contribution in [2.75, 3.05) is 13.7 Å². The van der Waals surface area contributed by atoms with Gasteiger partial charge in [-0.05, 0) is 31.5 Å². The maximum atomic E-state index is 11.7. The Labute approximate surface area is 114 Å². The summed E-state index contributed by atoms with van der Waals surface area (Å²) in [5.41, 5.74) is 1.11. The van der Waals surface area contributed by atoms with Crippen LogP contribution >= 0.6 is 0 Å². The third-order valence-corrected chi connectivity index (χ3v) is 2.93. The second-order valence-electron chi connectivity index (χ2n) is 4.42. The molecule has 1 amide bonds. The fourth-order valence-corrected chi connectivity index (χ4v) is 1.77. The molecule has 0 aliphatic rings. The maximum Gasteiger partial charge on any atom is 0.237 e. The molecule has 0 bridgehead atoms. The van der Waals surface area contributed by atoms with Crippen LogP contribution in [0.5, 0.6) is 5.75 Å². The van der Waals surface area contributed by atoms with Gasteiger partial charge in [-0.2, -0.15) is 0 Å². The first kappa shape index (κ1) is 15.2. The highest BCUT2D eigenvalue weighted by Crippen LogP contribution is 2.17. The molecule has 2 N–H and O–H groups in total. The first-order valence-electron chi connectivity index (χ1n) is 6.37. The van der Waals surface area contributed by atoms with Crippen LogP contribution < -0.4 is 15.4 Å². The molecule has 1 unspecified atom stereocenters. The largest absolute Gasteiger partial charge is 0.497 e. The predicted molar refractivity (Wildman–Crippen MR) is 77.2 cm³/mol. The molecule has 1 rings (SSSR count). The minimum absolute atomic E-state index is 0.0275. The SMILES string of the molecule is C=CCNC(=O)C(C)N[C@@H](C)c1ccc(OC)cc1.